The number of carbonyl (C=O) groups is 1. The number of nitrogens with two attached hydrogens (primary N) is 1. The average Bonchev–Trinajstić information content (AvgIpc) is 2.16. The molecule has 82 valence electrons. The minimum Gasteiger partial charge on any atom is -0.383 e. The molecule has 0 spiro atoms. The molecule has 0 aliphatic rings. The number of hydrogen-bond donors (Lipinski definition) is 2. The van der Waals surface area contributed by atoms with Crippen molar-refractivity contribution in [3.8, 4) is 0 Å². The van der Waals surface area contributed by atoms with Gasteiger partial charge in [0, 0.05) is 12.6 Å². The van der Waals surface area contributed by atoms with Gasteiger partial charge in [-0.2, -0.15) is 0 Å². The lowest BCUT2D eigenvalue weighted by molar-refractivity contribution is 0.0996. The van der Waals surface area contributed by atoms with Gasteiger partial charge < -0.3 is 11.1 Å². The second-order valence-electron chi connectivity index (χ2n) is 3.10. The summed E-state index contributed by atoms with van der Waals surface area (Å²) < 4.78 is 26.2. The Hall–Kier alpha value is -1.65. The van der Waals surface area contributed by atoms with E-state index in [-0.39, 0.29) is 11.3 Å². The first-order valence-corrected chi connectivity index (χ1v) is 4.59. The van der Waals surface area contributed by atoms with Gasteiger partial charge in [-0.15, -0.1) is 0 Å². The Morgan fingerprint density at radius 1 is 1.40 bits per heavy atom. The summed E-state index contributed by atoms with van der Waals surface area (Å²) in [6.07, 6.45) is 0.794. The van der Waals surface area contributed by atoms with Gasteiger partial charge in [-0.05, 0) is 12.5 Å². The molecule has 0 aliphatic heterocycles. The SMILES string of the molecule is CCCNc1cc(C(N)=O)c(F)cc1F. The van der Waals surface area contributed by atoms with E-state index in [9.17, 15) is 13.6 Å². The summed E-state index contributed by atoms with van der Waals surface area (Å²) in [5.41, 5.74) is 4.71. The van der Waals surface area contributed by atoms with Crippen LogP contribution in [0.2, 0.25) is 0 Å². The van der Waals surface area contributed by atoms with Crippen LogP contribution in [0.5, 0.6) is 0 Å². The van der Waals surface area contributed by atoms with Gasteiger partial charge in [0.2, 0.25) is 0 Å². The van der Waals surface area contributed by atoms with E-state index in [2.05, 4.69) is 5.32 Å². The van der Waals surface area contributed by atoms with Crippen molar-refractivity contribution < 1.29 is 13.6 Å². The Kier molecular flexibility index (Phi) is 3.60. The summed E-state index contributed by atoms with van der Waals surface area (Å²) >= 11 is 0. The van der Waals surface area contributed by atoms with Gasteiger partial charge in [-0.1, -0.05) is 6.92 Å². The summed E-state index contributed by atoms with van der Waals surface area (Å²) in [5.74, 6) is -2.58. The lowest BCUT2D eigenvalue weighted by Crippen LogP contribution is -2.14. The third-order valence-electron chi connectivity index (χ3n) is 1.89. The molecular weight excluding hydrogens is 202 g/mol. The Morgan fingerprint density at radius 2 is 2.07 bits per heavy atom. The van der Waals surface area contributed by atoms with Gasteiger partial charge in [-0.25, -0.2) is 8.78 Å². The Morgan fingerprint density at radius 3 is 2.60 bits per heavy atom. The average molecular weight is 214 g/mol. The van der Waals surface area contributed by atoms with Gasteiger partial charge in [0.05, 0.1) is 11.3 Å². The molecule has 0 heterocycles. The second-order valence-corrected chi connectivity index (χ2v) is 3.10. The van der Waals surface area contributed by atoms with Crippen LogP contribution in [0.25, 0.3) is 0 Å². The van der Waals surface area contributed by atoms with Gasteiger partial charge in [-0.3, -0.25) is 4.79 Å². The van der Waals surface area contributed by atoms with Gasteiger partial charge in [0.15, 0.2) is 0 Å². The Bertz CT molecular complexity index is 380. The molecular formula is C10H12F2N2O. The van der Waals surface area contributed by atoms with Gasteiger partial charge in [0.25, 0.3) is 5.91 Å². The van der Waals surface area contributed by atoms with Crippen molar-refractivity contribution in [2.24, 2.45) is 5.73 Å². The minimum absolute atomic E-state index is 0.0899. The first-order valence-electron chi connectivity index (χ1n) is 4.59. The summed E-state index contributed by atoms with van der Waals surface area (Å²) in [6, 6.07) is 1.74. The van der Waals surface area contributed by atoms with E-state index in [0.717, 1.165) is 12.5 Å². The number of primary amides is 1. The molecule has 0 saturated carbocycles. The molecule has 0 aliphatic carbocycles. The van der Waals surface area contributed by atoms with Crippen LogP contribution in [0.1, 0.15) is 23.7 Å². The van der Waals surface area contributed by atoms with Crippen molar-refractivity contribution >= 4 is 11.6 Å². The van der Waals surface area contributed by atoms with E-state index in [4.69, 9.17) is 5.73 Å². The molecule has 1 aromatic rings. The van der Waals surface area contributed by atoms with E-state index >= 15 is 0 Å². The first kappa shape index (κ1) is 11.4. The largest absolute Gasteiger partial charge is 0.383 e. The summed E-state index contributed by atoms with van der Waals surface area (Å²) in [6.45, 7) is 2.45. The highest BCUT2D eigenvalue weighted by molar-refractivity contribution is 5.94. The molecule has 1 amide bonds. The molecule has 0 bridgehead atoms. The number of nitrogens with one attached hydrogen (secondary N) is 1. The molecule has 0 fully saturated rings. The highest BCUT2D eigenvalue weighted by Crippen LogP contribution is 2.19. The predicted molar refractivity (Wildman–Crippen MR) is 53.7 cm³/mol. The third kappa shape index (κ3) is 2.65. The highest BCUT2D eigenvalue weighted by atomic mass is 19.1. The van der Waals surface area contributed by atoms with Crippen molar-refractivity contribution in [2.45, 2.75) is 13.3 Å². The van der Waals surface area contributed by atoms with Crippen LogP contribution < -0.4 is 11.1 Å². The Balaban J connectivity index is 3.06. The smallest absolute Gasteiger partial charge is 0.251 e. The first-order chi connectivity index (χ1) is 7.06. The molecule has 1 rings (SSSR count). The highest BCUT2D eigenvalue weighted by Gasteiger charge is 2.13. The maximum absolute atomic E-state index is 13.2. The van der Waals surface area contributed by atoms with Crippen molar-refractivity contribution in [3.63, 3.8) is 0 Å². The molecule has 0 saturated heterocycles. The lowest BCUT2D eigenvalue weighted by atomic mass is 10.1. The molecule has 0 aromatic heterocycles. The quantitative estimate of drug-likeness (QED) is 0.804. The van der Waals surface area contributed by atoms with Crippen LogP contribution in [-0.2, 0) is 0 Å². The zero-order valence-corrected chi connectivity index (χ0v) is 8.31. The predicted octanol–water partition coefficient (Wildman–Crippen LogP) is 1.89. The van der Waals surface area contributed by atoms with E-state index in [1.54, 1.807) is 0 Å². The molecule has 0 unspecified atom stereocenters. The van der Waals surface area contributed by atoms with Crippen LogP contribution in [0.15, 0.2) is 12.1 Å². The Labute approximate surface area is 86.3 Å². The van der Waals surface area contributed by atoms with Crippen molar-refractivity contribution in [3.05, 3.63) is 29.3 Å². The lowest BCUT2D eigenvalue weighted by Gasteiger charge is -2.08. The number of carbonyl (C=O) groups excluding carboxylic acids is 1. The zero-order valence-electron chi connectivity index (χ0n) is 8.31. The number of hydrogen-bond acceptors (Lipinski definition) is 2. The third-order valence-corrected chi connectivity index (χ3v) is 1.89. The fraction of sp³-hybridized carbons (Fsp3) is 0.300. The molecule has 5 heteroatoms. The van der Waals surface area contributed by atoms with E-state index in [1.807, 2.05) is 6.92 Å². The molecule has 1 aromatic carbocycles. The van der Waals surface area contributed by atoms with Crippen LogP contribution in [0, 0.1) is 11.6 Å². The summed E-state index contributed by atoms with van der Waals surface area (Å²) in [7, 11) is 0. The molecule has 3 N–H and O–H groups in total. The molecule has 0 radical (unpaired) electrons. The molecule has 3 nitrogen and oxygen atoms in total. The normalized spacial score (nSPS) is 10.1. The number of rotatable bonds is 4. The van der Waals surface area contributed by atoms with Crippen LogP contribution in [0.4, 0.5) is 14.5 Å². The van der Waals surface area contributed by atoms with Crippen molar-refractivity contribution in [1.82, 2.24) is 0 Å². The molecule has 15 heavy (non-hydrogen) atoms. The standard InChI is InChI=1S/C10H12F2N2O/c1-2-3-14-9-4-6(10(13)15)7(11)5-8(9)12/h4-5,14H,2-3H2,1H3,(H2,13,15). The zero-order chi connectivity index (χ0) is 11.4. The van der Waals surface area contributed by atoms with Crippen molar-refractivity contribution in [2.75, 3.05) is 11.9 Å². The molecule has 0 atom stereocenters. The number of amides is 1. The van der Waals surface area contributed by atoms with E-state index in [0.29, 0.717) is 12.6 Å². The van der Waals surface area contributed by atoms with Crippen LogP contribution >= 0.6 is 0 Å². The fourth-order valence-electron chi connectivity index (χ4n) is 1.13. The van der Waals surface area contributed by atoms with Crippen LogP contribution in [0.3, 0.4) is 0 Å². The maximum atomic E-state index is 13.2. The van der Waals surface area contributed by atoms with Gasteiger partial charge in [0.1, 0.15) is 11.6 Å². The minimum atomic E-state index is -0.943. The monoisotopic (exact) mass is 214 g/mol. The van der Waals surface area contributed by atoms with Crippen LogP contribution in [-0.4, -0.2) is 12.5 Å². The summed E-state index contributed by atoms with van der Waals surface area (Å²) in [4.78, 5) is 10.8. The van der Waals surface area contributed by atoms with Crippen molar-refractivity contribution in [1.29, 1.82) is 0 Å². The summed E-state index contributed by atoms with van der Waals surface area (Å²) in [5, 5.41) is 2.74. The number of halogens is 2. The second kappa shape index (κ2) is 4.72. The van der Waals surface area contributed by atoms with E-state index < -0.39 is 17.5 Å². The van der Waals surface area contributed by atoms with E-state index in [1.165, 1.54) is 0 Å². The number of anilines is 1. The topological polar surface area (TPSA) is 55.1 Å². The maximum Gasteiger partial charge on any atom is 0.251 e. The fourth-order valence-corrected chi connectivity index (χ4v) is 1.13. The van der Waals surface area contributed by atoms with Gasteiger partial charge >= 0.3 is 0 Å². The number of benzene rings is 1.